The maximum atomic E-state index is 13.5. The molecule has 0 spiro atoms. The molecule has 1 aromatic carbocycles. The van der Waals surface area contributed by atoms with Gasteiger partial charge in [-0.1, -0.05) is 31.4 Å². The number of carboxylic acids is 1. The predicted molar refractivity (Wildman–Crippen MR) is 74.5 cm³/mol. The fourth-order valence-corrected chi connectivity index (χ4v) is 1.73. The van der Waals surface area contributed by atoms with E-state index in [0.717, 1.165) is 12.5 Å². The first kappa shape index (κ1) is 16.2. The summed E-state index contributed by atoms with van der Waals surface area (Å²) in [5, 5.41) is 13.7. The van der Waals surface area contributed by atoms with Gasteiger partial charge in [0.25, 0.3) is 0 Å². The van der Waals surface area contributed by atoms with Crippen molar-refractivity contribution in [1.82, 2.24) is 5.32 Å². The molecule has 7 heteroatoms. The summed E-state index contributed by atoms with van der Waals surface area (Å²) in [5.41, 5.74) is -0.0634. The maximum absolute atomic E-state index is 13.5. The first-order valence-electron chi connectivity index (χ1n) is 6.19. The Hall–Kier alpha value is -1.82. The largest absolute Gasteiger partial charge is 0.480 e. The molecule has 1 unspecified atom stereocenters. The molecule has 3 N–H and O–H groups in total. The molecule has 0 aliphatic rings. The van der Waals surface area contributed by atoms with E-state index in [1.54, 1.807) is 0 Å². The third-order valence-corrected chi connectivity index (χ3v) is 2.86. The Bertz CT molecular complexity index is 497. The Kier molecular flexibility index (Phi) is 6.24. The Morgan fingerprint density at radius 3 is 2.70 bits per heavy atom. The number of unbranched alkanes of at least 4 members (excludes halogenated alkanes) is 1. The number of halogens is 2. The number of hydrogen-bond donors (Lipinski definition) is 3. The molecular weight excluding hydrogens is 287 g/mol. The van der Waals surface area contributed by atoms with Crippen LogP contribution in [0.1, 0.15) is 26.2 Å². The average molecular weight is 303 g/mol. The lowest BCUT2D eigenvalue weighted by molar-refractivity contribution is -0.139. The number of nitrogens with one attached hydrogen (secondary N) is 2. The topological polar surface area (TPSA) is 78.4 Å². The van der Waals surface area contributed by atoms with Crippen LogP contribution in [0.2, 0.25) is 5.02 Å². The number of carbonyl (C=O) groups excluding carboxylic acids is 1. The molecule has 1 aromatic rings. The van der Waals surface area contributed by atoms with E-state index in [1.165, 1.54) is 12.1 Å². The second-order valence-electron chi connectivity index (χ2n) is 4.26. The summed E-state index contributed by atoms with van der Waals surface area (Å²) in [4.78, 5) is 22.6. The molecule has 0 radical (unpaired) electrons. The van der Waals surface area contributed by atoms with Crippen LogP contribution in [0, 0.1) is 5.82 Å². The van der Waals surface area contributed by atoms with Crippen molar-refractivity contribution in [3.63, 3.8) is 0 Å². The second-order valence-corrected chi connectivity index (χ2v) is 4.69. The first-order chi connectivity index (χ1) is 9.43. The van der Waals surface area contributed by atoms with E-state index in [9.17, 15) is 14.0 Å². The van der Waals surface area contributed by atoms with Gasteiger partial charge in [0.05, 0.1) is 5.69 Å². The highest BCUT2D eigenvalue weighted by atomic mass is 35.5. The Morgan fingerprint density at radius 2 is 2.15 bits per heavy atom. The van der Waals surface area contributed by atoms with Crippen LogP contribution in [0.5, 0.6) is 0 Å². The van der Waals surface area contributed by atoms with E-state index in [-0.39, 0.29) is 10.7 Å². The van der Waals surface area contributed by atoms with Gasteiger partial charge < -0.3 is 15.7 Å². The van der Waals surface area contributed by atoms with Gasteiger partial charge in [0.1, 0.15) is 11.9 Å². The molecule has 0 aromatic heterocycles. The van der Waals surface area contributed by atoms with Crippen molar-refractivity contribution in [2.24, 2.45) is 0 Å². The second kappa shape index (κ2) is 7.69. The number of carboxylic acid groups (broad SMARTS) is 1. The molecule has 1 atom stereocenters. The summed E-state index contributed by atoms with van der Waals surface area (Å²) in [5.74, 6) is -1.81. The molecule has 0 fully saturated rings. The molecule has 2 amide bonds. The quantitative estimate of drug-likeness (QED) is 0.755. The normalized spacial score (nSPS) is 11.8. The fourth-order valence-electron chi connectivity index (χ4n) is 1.57. The molecular formula is C13H16ClFN2O3. The van der Waals surface area contributed by atoms with Crippen molar-refractivity contribution in [2.75, 3.05) is 5.32 Å². The van der Waals surface area contributed by atoms with E-state index in [4.69, 9.17) is 16.7 Å². The number of benzene rings is 1. The standard InChI is InChI=1S/C13H16ClFN2O3/c1-2-3-4-11(12(18)19)17-13(20)16-10-6-5-8(14)7-9(10)15/h5-7,11H,2-4H2,1H3,(H,18,19)(H2,16,17,20). The molecule has 0 saturated carbocycles. The maximum Gasteiger partial charge on any atom is 0.326 e. The molecule has 0 aliphatic carbocycles. The summed E-state index contributed by atoms with van der Waals surface area (Å²) in [6.45, 7) is 1.92. The van der Waals surface area contributed by atoms with Gasteiger partial charge in [-0.15, -0.1) is 0 Å². The van der Waals surface area contributed by atoms with Crippen LogP contribution in [0.15, 0.2) is 18.2 Å². The predicted octanol–water partition coefficient (Wildman–Crippen LogP) is 3.24. The molecule has 5 nitrogen and oxygen atoms in total. The van der Waals surface area contributed by atoms with Crippen LogP contribution in [0.25, 0.3) is 0 Å². The average Bonchev–Trinajstić information content (AvgIpc) is 2.37. The third-order valence-electron chi connectivity index (χ3n) is 2.63. The molecule has 0 aliphatic heterocycles. The first-order valence-corrected chi connectivity index (χ1v) is 6.57. The zero-order valence-electron chi connectivity index (χ0n) is 11.0. The van der Waals surface area contributed by atoms with Gasteiger partial charge >= 0.3 is 12.0 Å². The van der Waals surface area contributed by atoms with Crippen LogP contribution in [0.4, 0.5) is 14.9 Å². The number of carbonyl (C=O) groups is 2. The van der Waals surface area contributed by atoms with Crippen LogP contribution < -0.4 is 10.6 Å². The van der Waals surface area contributed by atoms with E-state index in [2.05, 4.69) is 10.6 Å². The van der Waals surface area contributed by atoms with Crippen LogP contribution in [-0.2, 0) is 4.79 Å². The van der Waals surface area contributed by atoms with E-state index in [0.29, 0.717) is 12.8 Å². The highest BCUT2D eigenvalue weighted by Gasteiger charge is 2.19. The smallest absolute Gasteiger partial charge is 0.326 e. The van der Waals surface area contributed by atoms with E-state index in [1.807, 2.05) is 6.92 Å². The van der Waals surface area contributed by atoms with Crippen molar-refractivity contribution in [3.05, 3.63) is 29.0 Å². The molecule has 110 valence electrons. The van der Waals surface area contributed by atoms with Gasteiger partial charge in [0.2, 0.25) is 0 Å². The number of hydrogen-bond acceptors (Lipinski definition) is 2. The van der Waals surface area contributed by atoms with Crippen LogP contribution >= 0.6 is 11.6 Å². The van der Waals surface area contributed by atoms with Crippen molar-refractivity contribution >= 4 is 29.3 Å². The van der Waals surface area contributed by atoms with Crippen LogP contribution in [0.3, 0.4) is 0 Å². The number of aliphatic carboxylic acids is 1. The van der Waals surface area contributed by atoms with Gasteiger partial charge in [0.15, 0.2) is 0 Å². The third kappa shape index (κ3) is 5.05. The molecule has 0 bridgehead atoms. The number of rotatable bonds is 6. The molecule has 0 heterocycles. The molecule has 0 saturated heterocycles. The zero-order chi connectivity index (χ0) is 15.1. The minimum Gasteiger partial charge on any atom is -0.480 e. The Morgan fingerprint density at radius 1 is 1.45 bits per heavy atom. The summed E-state index contributed by atoms with van der Waals surface area (Å²) in [6.07, 6.45) is 1.81. The lowest BCUT2D eigenvalue weighted by Crippen LogP contribution is -2.43. The summed E-state index contributed by atoms with van der Waals surface area (Å²) < 4.78 is 13.5. The Balaban J connectivity index is 2.63. The number of anilines is 1. The van der Waals surface area contributed by atoms with Crippen molar-refractivity contribution in [3.8, 4) is 0 Å². The van der Waals surface area contributed by atoms with E-state index < -0.39 is 23.9 Å². The van der Waals surface area contributed by atoms with Crippen molar-refractivity contribution < 1.29 is 19.1 Å². The molecule has 1 rings (SSSR count). The number of urea groups is 1. The monoisotopic (exact) mass is 302 g/mol. The van der Waals surface area contributed by atoms with Gasteiger partial charge in [-0.3, -0.25) is 0 Å². The van der Waals surface area contributed by atoms with Crippen LogP contribution in [-0.4, -0.2) is 23.1 Å². The Labute approximate surface area is 121 Å². The van der Waals surface area contributed by atoms with Gasteiger partial charge in [-0.05, 0) is 24.6 Å². The highest BCUT2D eigenvalue weighted by Crippen LogP contribution is 2.18. The van der Waals surface area contributed by atoms with Gasteiger partial charge in [-0.25, -0.2) is 14.0 Å². The highest BCUT2D eigenvalue weighted by molar-refractivity contribution is 6.30. The summed E-state index contributed by atoms with van der Waals surface area (Å²) in [6, 6.07) is 2.02. The van der Waals surface area contributed by atoms with E-state index >= 15 is 0 Å². The minimum atomic E-state index is -1.12. The lowest BCUT2D eigenvalue weighted by Gasteiger charge is -2.15. The fraction of sp³-hybridized carbons (Fsp3) is 0.385. The van der Waals surface area contributed by atoms with Crippen molar-refractivity contribution in [1.29, 1.82) is 0 Å². The summed E-state index contributed by atoms with van der Waals surface area (Å²) >= 11 is 5.59. The van der Waals surface area contributed by atoms with Gasteiger partial charge in [0, 0.05) is 5.02 Å². The minimum absolute atomic E-state index is 0.0634. The SMILES string of the molecule is CCCCC(NC(=O)Nc1ccc(Cl)cc1F)C(=O)O. The lowest BCUT2D eigenvalue weighted by atomic mass is 10.1. The zero-order valence-corrected chi connectivity index (χ0v) is 11.7. The van der Waals surface area contributed by atoms with Gasteiger partial charge in [-0.2, -0.15) is 0 Å². The number of amides is 2. The van der Waals surface area contributed by atoms with Crippen molar-refractivity contribution in [2.45, 2.75) is 32.2 Å². The summed E-state index contributed by atoms with van der Waals surface area (Å²) in [7, 11) is 0. The molecule has 20 heavy (non-hydrogen) atoms.